The number of hydrogen-bond donors (Lipinski definition) is 1. The van der Waals surface area contributed by atoms with E-state index in [1.165, 1.54) is 12.1 Å². The third kappa shape index (κ3) is 3.21. The Hall–Kier alpha value is -2.12. The standard InChI is InChI=1S/C6H5N3.C6H6O3S/c1-4-5-2-8-9-6(5)3-7-4;7-10(8,9)6-4-2-1-3-5-6/h2-3H,1H3;1-5H,(H,7,8,9). The van der Waals surface area contributed by atoms with Crippen molar-refractivity contribution >= 4 is 15.8 Å². The predicted octanol–water partition coefficient (Wildman–Crippen LogP) is 2.59. The van der Waals surface area contributed by atoms with Gasteiger partial charge in [0.2, 0.25) is 0 Å². The number of azo groups is 1. The second-order valence-electron chi connectivity index (χ2n) is 3.78. The van der Waals surface area contributed by atoms with E-state index in [1.54, 1.807) is 30.6 Å². The molecule has 0 spiro atoms. The van der Waals surface area contributed by atoms with Gasteiger partial charge in [-0.25, -0.2) is 0 Å². The smallest absolute Gasteiger partial charge is 0.282 e. The average molecular weight is 277 g/mol. The highest BCUT2D eigenvalue weighted by Gasteiger charge is 2.16. The summed E-state index contributed by atoms with van der Waals surface area (Å²) in [5.74, 6) is 0. The molecule has 0 amide bonds. The molecule has 1 aromatic rings. The minimum Gasteiger partial charge on any atom is -0.282 e. The number of hydrogen-bond acceptors (Lipinski definition) is 5. The van der Waals surface area contributed by atoms with E-state index in [2.05, 4.69) is 15.2 Å². The summed E-state index contributed by atoms with van der Waals surface area (Å²) < 4.78 is 29.2. The zero-order valence-corrected chi connectivity index (χ0v) is 10.9. The summed E-state index contributed by atoms with van der Waals surface area (Å²) in [5.41, 5.74) is 2.97. The molecule has 0 bridgehead atoms. The van der Waals surface area contributed by atoms with Crippen molar-refractivity contribution in [3.63, 3.8) is 0 Å². The highest BCUT2D eigenvalue weighted by molar-refractivity contribution is 7.85. The van der Waals surface area contributed by atoms with Gasteiger partial charge < -0.3 is 0 Å². The van der Waals surface area contributed by atoms with Crippen LogP contribution in [0, 0.1) is 0 Å². The summed E-state index contributed by atoms with van der Waals surface area (Å²) in [6.45, 7) is 1.95. The van der Waals surface area contributed by atoms with E-state index in [0.717, 1.165) is 17.0 Å². The van der Waals surface area contributed by atoms with Gasteiger partial charge in [-0.2, -0.15) is 13.5 Å². The van der Waals surface area contributed by atoms with Crippen LogP contribution in [0.1, 0.15) is 6.92 Å². The normalized spacial score (nSPS) is 16.0. The summed E-state index contributed by atoms with van der Waals surface area (Å²) in [6, 6.07) is 7.42. The summed E-state index contributed by atoms with van der Waals surface area (Å²) >= 11 is 0. The topological polar surface area (TPSA) is 91.5 Å². The maximum absolute atomic E-state index is 10.4. The quantitative estimate of drug-likeness (QED) is 0.800. The zero-order valence-electron chi connectivity index (χ0n) is 10.1. The molecular formula is C12H11N3O3S. The molecule has 0 aromatic heterocycles. The lowest BCUT2D eigenvalue weighted by Crippen LogP contribution is -1.96. The van der Waals surface area contributed by atoms with E-state index in [4.69, 9.17) is 4.55 Å². The van der Waals surface area contributed by atoms with Crippen LogP contribution in [-0.4, -0.2) is 18.7 Å². The molecular weight excluding hydrogens is 266 g/mol. The summed E-state index contributed by atoms with van der Waals surface area (Å²) in [5, 5.41) is 7.56. The summed E-state index contributed by atoms with van der Waals surface area (Å²) in [4.78, 5) is 3.98. The van der Waals surface area contributed by atoms with Crippen molar-refractivity contribution in [1.82, 2.24) is 0 Å². The molecule has 2 aliphatic rings. The lowest BCUT2D eigenvalue weighted by atomic mass is 10.2. The molecule has 0 atom stereocenters. The molecule has 0 fully saturated rings. The Morgan fingerprint density at radius 1 is 1.11 bits per heavy atom. The predicted molar refractivity (Wildman–Crippen MR) is 70.4 cm³/mol. The van der Waals surface area contributed by atoms with Crippen LogP contribution in [0.25, 0.3) is 0 Å². The largest absolute Gasteiger partial charge is 0.294 e. The lowest BCUT2D eigenvalue weighted by molar-refractivity contribution is 0.483. The monoisotopic (exact) mass is 277 g/mol. The molecule has 1 N–H and O–H groups in total. The number of rotatable bonds is 1. The van der Waals surface area contributed by atoms with E-state index < -0.39 is 10.1 Å². The Kier molecular flexibility index (Phi) is 3.68. The molecule has 0 unspecified atom stereocenters. The van der Waals surface area contributed by atoms with E-state index in [0.29, 0.717) is 0 Å². The minimum absolute atomic E-state index is 0.0741. The fourth-order valence-electron chi connectivity index (χ4n) is 1.46. The van der Waals surface area contributed by atoms with Crippen LogP contribution < -0.4 is 0 Å². The van der Waals surface area contributed by atoms with E-state index in [-0.39, 0.29) is 4.90 Å². The SMILES string of the molecule is CC1=NC=C2N=NC=C21.O=S(=O)(O)c1ccccc1. The first-order valence-electron chi connectivity index (χ1n) is 5.37. The molecule has 0 saturated carbocycles. The summed E-state index contributed by atoms with van der Waals surface area (Å²) in [7, 11) is -4.00. The molecule has 3 rings (SSSR count). The lowest BCUT2D eigenvalue weighted by Gasteiger charge is -1.92. The Morgan fingerprint density at radius 2 is 1.79 bits per heavy atom. The second kappa shape index (κ2) is 5.25. The van der Waals surface area contributed by atoms with Gasteiger partial charge >= 0.3 is 0 Å². The molecule has 7 heteroatoms. The van der Waals surface area contributed by atoms with Gasteiger partial charge in [0.05, 0.1) is 17.3 Å². The van der Waals surface area contributed by atoms with Crippen LogP contribution in [0.2, 0.25) is 0 Å². The van der Waals surface area contributed by atoms with Crippen LogP contribution in [0.15, 0.2) is 74.1 Å². The Balaban J connectivity index is 0.000000141. The third-order valence-corrected chi connectivity index (χ3v) is 3.31. The van der Waals surface area contributed by atoms with Crippen molar-refractivity contribution < 1.29 is 13.0 Å². The Bertz CT molecular complexity index is 701. The third-order valence-electron chi connectivity index (χ3n) is 2.44. The van der Waals surface area contributed by atoms with Gasteiger partial charge in [0.1, 0.15) is 5.70 Å². The fourth-order valence-corrected chi connectivity index (χ4v) is 1.96. The van der Waals surface area contributed by atoms with Gasteiger partial charge in [-0.1, -0.05) is 18.2 Å². The fraction of sp³-hybridized carbons (Fsp3) is 0.0833. The van der Waals surface area contributed by atoms with Gasteiger partial charge in [0.25, 0.3) is 10.1 Å². The molecule has 0 radical (unpaired) electrons. The van der Waals surface area contributed by atoms with Gasteiger partial charge in [-0.3, -0.25) is 9.55 Å². The average Bonchev–Trinajstić information content (AvgIpc) is 2.96. The van der Waals surface area contributed by atoms with Crippen LogP contribution in [-0.2, 0) is 10.1 Å². The van der Waals surface area contributed by atoms with Gasteiger partial charge in [-0.15, -0.1) is 5.11 Å². The van der Waals surface area contributed by atoms with E-state index >= 15 is 0 Å². The van der Waals surface area contributed by atoms with Gasteiger partial charge in [0, 0.05) is 11.3 Å². The molecule has 6 nitrogen and oxygen atoms in total. The molecule has 0 aliphatic carbocycles. The maximum atomic E-state index is 10.4. The van der Waals surface area contributed by atoms with Crippen molar-refractivity contribution in [2.24, 2.45) is 15.2 Å². The van der Waals surface area contributed by atoms with Crippen LogP contribution >= 0.6 is 0 Å². The highest BCUT2D eigenvalue weighted by atomic mass is 32.2. The van der Waals surface area contributed by atoms with Crippen LogP contribution in [0.3, 0.4) is 0 Å². The summed E-state index contributed by atoms with van der Waals surface area (Å²) in [6.07, 6.45) is 3.47. The number of benzene rings is 1. The van der Waals surface area contributed by atoms with Crippen molar-refractivity contribution in [2.75, 3.05) is 0 Å². The number of aliphatic imine (C=N–C) groups is 1. The molecule has 2 heterocycles. The number of nitrogens with zero attached hydrogens (tertiary/aromatic N) is 3. The first kappa shape index (κ1) is 13.3. The Labute approximate surface area is 110 Å². The van der Waals surface area contributed by atoms with Crippen molar-refractivity contribution in [1.29, 1.82) is 0 Å². The van der Waals surface area contributed by atoms with Crippen molar-refractivity contribution in [3.8, 4) is 0 Å². The van der Waals surface area contributed by atoms with Crippen molar-refractivity contribution in [2.45, 2.75) is 11.8 Å². The van der Waals surface area contributed by atoms with Crippen molar-refractivity contribution in [3.05, 3.63) is 54.0 Å². The molecule has 1 aromatic carbocycles. The Morgan fingerprint density at radius 3 is 2.32 bits per heavy atom. The highest BCUT2D eigenvalue weighted by Crippen LogP contribution is 2.24. The van der Waals surface area contributed by atoms with Crippen LogP contribution in [0.4, 0.5) is 0 Å². The van der Waals surface area contributed by atoms with Gasteiger partial charge in [-0.05, 0) is 19.1 Å². The van der Waals surface area contributed by atoms with E-state index in [9.17, 15) is 8.42 Å². The first-order chi connectivity index (χ1) is 8.98. The molecule has 2 aliphatic heterocycles. The molecule has 0 saturated heterocycles. The van der Waals surface area contributed by atoms with Crippen LogP contribution in [0.5, 0.6) is 0 Å². The second-order valence-corrected chi connectivity index (χ2v) is 5.20. The number of allylic oxidation sites excluding steroid dienone is 1. The molecule has 19 heavy (non-hydrogen) atoms. The minimum atomic E-state index is -4.00. The van der Waals surface area contributed by atoms with E-state index in [1.807, 2.05) is 6.92 Å². The van der Waals surface area contributed by atoms with Gasteiger partial charge in [0.15, 0.2) is 0 Å². The number of fused-ring (bicyclic) bond motifs is 1. The zero-order chi connectivity index (χ0) is 13.9. The first-order valence-corrected chi connectivity index (χ1v) is 6.81. The molecule has 98 valence electrons. The maximum Gasteiger partial charge on any atom is 0.294 e.